The lowest BCUT2D eigenvalue weighted by molar-refractivity contribution is -0.487. The minimum Gasteiger partial charge on any atom is -0.476 e. The number of hydrogen-bond donors (Lipinski definition) is 5. The Balaban J connectivity index is 2.92. The van der Waals surface area contributed by atoms with E-state index in [2.05, 4.69) is 14.8 Å². The number of ketones is 1. The number of aliphatic carboxylic acids is 1. The molecule has 0 amide bonds. The molecule has 0 aromatic carbocycles. The van der Waals surface area contributed by atoms with Gasteiger partial charge in [0.25, 0.3) is 0 Å². The normalized spacial score (nSPS) is 23.0. The van der Waals surface area contributed by atoms with Gasteiger partial charge in [-0.05, 0) is 30.7 Å². The van der Waals surface area contributed by atoms with Gasteiger partial charge in [-0.1, -0.05) is 0 Å². The summed E-state index contributed by atoms with van der Waals surface area (Å²) < 4.78 is 15.3. The van der Waals surface area contributed by atoms with Crippen LogP contribution in [0.25, 0.3) is 0 Å². The van der Waals surface area contributed by atoms with Crippen LogP contribution in [0, 0.1) is 5.92 Å². The Morgan fingerprint density at radius 3 is 2.79 bits per heavy atom. The van der Waals surface area contributed by atoms with Gasteiger partial charge in [-0.15, -0.1) is 0 Å². The van der Waals surface area contributed by atoms with E-state index in [4.69, 9.17) is 9.79 Å². The highest BCUT2D eigenvalue weighted by molar-refractivity contribution is 7.98. The number of carboxylic acids is 1. The molecule has 1 heterocycles. The van der Waals surface area contributed by atoms with Crippen molar-refractivity contribution in [3.63, 3.8) is 0 Å². The van der Waals surface area contributed by atoms with Crippen molar-refractivity contribution in [3.8, 4) is 0 Å². The Bertz CT molecular complexity index is 575. The number of Topliss-reactive ketones (excluding diaryl/α,β-unsaturated/α-hetero) is 1. The fourth-order valence-corrected chi connectivity index (χ4v) is 2.85. The van der Waals surface area contributed by atoms with E-state index in [1.807, 2.05) is 6.26 Å². The molecule has 0 fully saturated rings. The molecule has 1 aliphatic heterocycles. The van der Waals surface area contributed by atoms with Crippen molar-refractivity contribution >= 4 is 37.6 Å². The third kappa shape index (κ3) is 6.74. The molecule has 0 saturated carbocycles. The lowest BCUT2D eigenvalue weighted by Crippen LogP contribution is -2.80. The summed E-state index contributed by atoms with van der Waals surface area (Å²) in [5.74, 6) is -1.47. The Labute approximate surface area is 143 Å². The predicted octanol–water partition coefficient (Wildman–Crippen LogP) is -1.49. The molecule has 0 bridgehead atoms. The average Bonchev–Trinajstić information content (AvgIpc) is 2.48. The van der Waals surface area contributed by atoms with Crippen LogP contribution < -0.4 is 10.3 Å². The quantitative estimate of drug-likeness (QED) is 0.238. The Morgan fingerprint density at radius 1 is 1.58 bits per heavy atom. The van der Waals surface area contributed by atoms with E-state index in [1.54, 1.807) is 6.92 Å². The number of phosphoric ester groups is 1. The minimum absolute atomic E-state index is 0.247. The first-order valence-corrected chi connectivity index (χ1v) is 10.1. The molecule has 9 nitrogen and oxygen atoms in total. The molecule has 11 heteroatoms. The highest BCUT2D eigenvalue weighted by Crippen LogP contribution is 2.37. The maximum atomic E-state index is 12.3. The second kappa shape index (κ2) is 9.33. The molecule has 24 heavy (non-hydrogen) atoms. The van der Waals surface area contributed by atoms with Gasteiger partial charge >= 0.3 is 13.8 Å². The lowest BCUT2D eigenvalue weighted by atomic mass is 9.90. The van der Waals surface area contributed by atoms with Gasteiger partial charge in [-0.3, -0.25) is 9.32 Å². The highest BCUT2D eigenvalue weighted by atomic mass is 32.2. The van der Waals surface area contributed by atoms with Crippen LogP contribution in [-0.4, -0.2) is 63.6 Å². The van der Waals surface area contributed by atoms with Gasteiger partial charge in [0.05, 0.1) is 12.6 Å². The zero-order chi connectivity index (χ0) is 18.3. The van der Waals surface area contributed by atoms with Gasteiger partial charge in [0.2, 0.25) is 6.04 Å². The van der Waals surface area contributed by atoms with Crippen molar-refractivity contribution in [3.05, 3.63) is 11.8 Å². The second-order valence-corrected chi connectivity index (χ2v) is 7.48. The number of nitrogens with one attached hydrogen (secondary N) is 2. The van der Waals surface area contributed by atoms with Gasteiger partial charge in [0, 0.05) is 6.42 Å². The number of phosphoric acid groups is 1. The molecular formula is C13H22N2O7PS+. The molecule has 3 unspecified atom stereocenters. The van der Waals surface area contributed by atoms with Crippen LogP contribution in [-0.2, 0) is 18.7 Å². The van der Waals surface area contributed by atoms with Gasteiger partial charge in [0.15, 0.2) is 12.0 Å². The van der Waals surface area contributed by atoms with Crippen LogP contribution >= 0.6 is 19.6 Å². The van der Waals surface area contributed by atoms with Crippen LogP contribution in [0.3, 0.4) is 0 Å². The highest BCUT2D eigenvalue weighted by Gasteiger charge is 2.33. The molecule has 136 valence electrons. The molecule has 3 atom stereocenters. The number of hydrogen-bond acceptors (Lipinski definition) is 6. The Kier molecular flexibility index (Phi) is 8.11. The molecule has 0 aliphatic carbocycles. The Morgan fingerprint density at radius 2 is 2.25 bits per heavy atom. The van der Waals surface area contributed by atoms with Gasteiger partial charge in [-0.25, -0.2) is 14.4 Å². The van der Waals surface area contributed by atoms with Crippen molar-refractivity contribution in [1.82, 2.24) is 5.32 Å². The van der Waals surface area contributed by atoms with E-state index in [-0.39, 0.29) is 5.78 Å². The topological polar surface area (TPSA) is 147 Å². The monoisotopic (exact) mass is 381 g/mol. The first-order chi connectivity index (χ1) is 11.2. The standard InChI is InChI=1S/C13H21N2O7PS/c1-8-12(16)10(6-15-11(13(17)18)3-4-24-2)9(5-14-8)7-22-23(19,20)21/h5-6,8,10-11,14H,3-4,7H2,1-2H3,(H,17,18)(H2,19,20,21)/p+1. The molecule has 0 aromatic heterocycles. The summed E-state index contributed by atoms with van der Waals surface area (Å²) >= 11 is 1.51. The summed E-state index contributed by atoms with van der Waals surface area (Å²) in [5, 5.41) is 12.0. The van der Waals surface area contributed by atoms with E-state index in [9.17, 15) is 19.3 Å². The van der Waals surface area contributed by atoms with Crippen molar-refractivity contribution < 1.29 is 38.6 Å². The van der Waals surface area contributed by atoms with Crippen LogP contribution in [0.4, 0.5) is 0 Å². The van der Waals surface area contributed by atoms with Crippen molar-refractivity contribution in [2.45, 2.75) is 25.4 Å². The molecular weight excluding hydrogens is 359 g/mol. The first kappa shape index (κ1) is 20.9. The fraction of sp³-hybridized carbons (Fsp3) is 0.615. The number of carbonyl (C=O) groups is 2. The zero-order valence-corrected chi connectivity index (χ0v) is 15.0. The molecule has 0 saturated heterocycles. The maximum Gasteiger partial charge on any atom is 0.469 e. The average molecular weight is 381 g/mol. The third-order valence-corrected chi connectivity index (χ3v) is 4.53. The van der Waals surface area contributed by atoms with Crippen molar-refractivity contribution in [1.29, 1.82) is 0 Å². The summed E-state index contributed by atoms with van der Waals surface area (Å²) in [5.41, 5.74) is 0.308. The van der Waals surface area contributed by atoms with Crippen LogP contribution in [0.2, 0.25) is 0 Å². The first-order valence-electron chi connectivity index (χ1n) is 7.15. The van der Waals surface area contributed by atoms with Crippen molar-refractivity contribution in [2.75, 3.05) is 18.6 Å². The van der Waals surface area contributed by atoms with Crippen molar-refractivity contribution in [2.24, 2.45) is 5.92 Å². The number of carboxylic acid groups (broad SMARTS) is 1. The fourth-order valence-electron chi connectivity index (χ4n) is 2.06. The summed E-state index contributed by atoms with van der Waals surface area (Å²) in [6, 6.07) is -1.35. The smallest absolute Gasteiger partial charge is 0.469 e. The van der Waals surface area contributed by atoms with E-state index in [0.717, 1.165) is 0 Å². The molecule has 1 rings (SSSR count). The van der Waals surface area contributed by atoms with E-state index >= 15 is 0 Å². The molecule has 0 radical (unpaired) electrons. The second-order valence-electron chi connectivity index (χ2n) is 5.26. The van der Waals surface area contributed by atoms with Crippen LogP contribution in [0.5, 0.6) is 0 Å². The van der Waals surface area contributed by atoms with Crippen LogP contribution in [0.15, 0.2) is 11.8 Å². The minimum atomic E-state index is -4.67. The van der Waals surface area contributed by atoms with E-state index < -0.39 is 38.4 Å². The molecule has 5 N–H and O–H groups in total. The third-order valence-electron chi connectivity index (χ3n) is 3.42. The maximum absolute atomic E-state index is 12.3. The van der Waals surface area contributed by atoms with Gasteiger partial charge in [0.1, 0.15) is 5.92 Å². The Hall–Kier alpha value is -1.19. The largest absolute Gasteiger partial charge is 0.476 e. The summed E-state index contributed by atoms with van der Waals surface area (Å²) in [6.45, 7) is 1.20. The summed E-state index contributed by atoms with van der Waals surface area (Å²) in [7, 11) is -4.67. The zero-order valence-electron chi connectivity index (χ0n) is 13.3. The van der Waals surface area contributed by atoms with Gasteiger partial charge in [-0.2, -0.15) is 11.8 Å². The SMILES string of the molecule is CSCCC([NH+]=CC1C(=O)C(C)NC=C1COP(=O)(O)O)C(=O)O. The van der Waals surface area contributed by atoms with Gasteiger partial charge < -0.3 is 20.2 Å². The predicted molar refractivity (Wildman–Crippen MR) is 88.6 cm³/mol. The molecule has 1 aliphatic rings. The van der Waals surface area contributed by atoms with E-state index in [1.165, 1.54) is 24.2 Å². The summed E-state index contributed by atoms with van der Waals surface area (Å²) in [4.78, 5) is 43.8. The number of thioether (sulfide) groups is 1. The molecule has 0 aromatic rings. The van der Waals surface area contributed by atoms with E-state index in [0.29, 0.717) is 17.7 Å². The number of rotatable bonds is 9. The van der Waals surface area contributed by atoms with Crippen LogP contribution in [0.1, 0.15) is 13.3 Å². The lowest BCUT2D eigenvalue weighted by Gasteiger charge is -2.24. The molecule has 0 spiro atoms. The number of carbonyl (C=O) groups excluding carboxylic acids is 1. The summed E-state index contributed by atoms with van der Waals surface area (Å²) in [6.07, 6.45) is 5.05.